The van der Waals surface area contributed by atoms with Crippen LogP contribution in [-0.2, 0) is 13.6 Å². The third kappa shape index (κ3) is 1.68. The zero-order valence-electron chi connectivity index (χ0n) is 9.82. The van der Waals surface area contributed by atoms with Crippen molar-refractivity contribution in [1.29, 1.82) is 0 Å². The van der Waals surface area contributed by atoms with Crippen molar-refractivity contribution >= 4 is 22.8 Å². The topological polar surface area (TPSA) is 72.7 Å². The molecule has 0 saturated heterocycles. The summed E-state index contributed by atoms with van der Waals surface area (Å²) < 4.78 is 3.04. The molecule has 0 aliphatic carbocycles. The Morgan fingerprint density at radius 3 is 2.65 bits per heavy atom. The summed E-state index contributed by atoms with van der Waals surface area (Å²) in [6.07, 6.45) is 0. The lowest BCUT2D eigenvalue weighted by Gasteiger charge is -2.02. The van der Waals surface area contributed by atoms with E-state index in [0.29, 0.717) is 23.5 Å². The molecule has 0 fully saturated rings. The number of aryl methyl sites for hydroxylation is 2. The summed E-state index contributed by atoms with van der Waals surface area (Å²) in [7, 11) is 1.71. The van der Waals surface area contributed by atoms with Crippen molar-refractivity contribution < 1.29 is 0 Å². The molecule has 6 nitrogen and oxygen atoms in total. The van der Waals surface area contributed by atoms with Crippen LogP contribution >= 0.6 is 11.6 Å². The van der Waals surface area contributed by atoms with Crippen molar-refractivity contribution in [2.24, 2.45) is 7.05 Å². The second-order valence-electron chi connectivity index (χ2n) is 3.82. The van der Waals surface area contributed by atoms with Gasteiger partial charge in [0.2, 0.25) is 0 Å². The van der Waals surface area contributed by atoms with Crippen LogP contribution in [0.3, 0.4) is 0 Å². The van der Waals surface area contributed by atoms with Crippen LogP contribution in [0, 0.1) is 0 Å². The van der Waals surface area contributed by atoms with E-state index in [-0.39, 0.29) is 5.38 Å². The summed E-state index contributed by atoms with van der Waals surface area (Å²) >= 11 is 5.98. The van der Waals surface area contributed by atoms with Gasteiger partial charge in [-0.3, -0.25) is 14.3 Å². The standard InChI is InChI=1S/C10H13ClN4O2/c1-4-15-8-6(9(16)13-10(15)17)14(3)7(12-8)5(2)11/h5H,4H2,1-3H3,(H,13,16,17)/t5-/m1/s1. The Hall–Kier alpha value is -1.56. The minimum atomic E-state index is -0.447. The van der Waals surface area contributed by atoms with Crippen LogP contribution in [0.4, 0.5) is 0 Å². The second-order valence-corrected chi connectivity index (χ2v) is 4.48. The van der Waals surface area contributed by atoms with Crippen LogP contribution < -0.4 is 11.2 Å². The first-order valence-corrected chi connectivity index (χ1v) is 5.74. The summed E-state index contributed by atoms with van der Waals surface area (Å²) in [5.74, 6) is 0.569. The molecule has 0 aliphatic rings. The van der Waals surface area contributed by atoms with Gasteiger partial charge in [-0.15, -0.1) is 11.6 Å². The van der Waals surface area contributed by atoms with Gasteiger partial charge in [-0.1, -0.05) is 0 Å². The lowest BCUT2D eigenvalue weighted by molar-refractivity contribution is 0.718. The zero-order valence-corrected chi connectivity index (χ0v) is 10.6. The lowest BCUT2D eigenvalue weighted by atomic mass is 10.4. The van der Waals surface area contributed by atoms with Gasteiger partial charge in [0.1, 0.15) is 5.82 Å². The van der Waals surface area contributed by atoms with Crippen molar-refractivity contribution in [2.75, 3.05) is 0 Å². The molecule has 0 aliphatic heterocycles. The van der Waals surface area contributed by atoms with E-state index < -0.39 is 11.2 Å². The van der Waals surface area contributed by atoms with Gasteiger partial charge >= 0.3 is 5.69 Å². The number of hydrogen-bond acceptors (Lipinski definition) is 3. The molecule has 1 N–H and O–H groups in total. The predicted molar refractivity (Wildman–Crippen MR) is 65.5 cm³/mol. The minimum absolute atomic E-state index is 0.327. The summed E-state index contributed by atoms with van der Waals surface area (Å²) in [5, 5.41) is -0.327. The zero-order chi connectivity index (χ0) is 12.7. The molecule has 2 aromatic heterocycles. The number of H-pyrrole nitrogens is 1. The molecule has 1 atom stereocenters. The van der Waals surface area contributed by atoms with Crippen LogP contribution in [0.2, 0.25) is 0 Å². The Labute approximate surface area is 102 Å². The number of fused-ring (bicyclic) bond motifs is 1. The molecule has 2 rings (SSSR count). The van der Waals surface area contributed by atoms with Crippen LogP contribution in [0.1, 0.15) is 25.0 Å². The molecule has 2 aromatic rings. The Morgan fingerprint density at radius 1 is 1.47 bits per heavy atom. The van der Waals surface area contributed by atoms with Crippen molar-refractivity contribution in [3.05, 3.63) is 26.7 Å². The minimum Gasteiger partial charge on any atom is -0.324 e. The van der Waals surface area contributed by atoms with E-state index in [0.717, 1.165) is 0 Å². The van der Waals surface area contributed by atoms with Gasteiger partial charge in [0.25, 0.3) is 5.56 Å². The molecule has 2 heterocycles. The molecule has 0 radical (unpaired) electrons. The first-order chi connectivity index (χ1) is 7.97. The number of aromatic amines is 1. The average molecular weight is 257 g/mol. The van der Waals surface area contributed by atoms with E-state index in [2.05, 4.69) is 9.97 Å². The summed E-state index contributed by atoms with van der Waals surface area (Å²) in [6.45, 7) is 4.03. The highest BCUT2D eigenvalue weighted by molar-refractivity contribution is 6.20. The van der Waals surface area contributed by atoms with Crippen LogP contribution in [0.5, 0.6) is 0 Å². The molecule has 0 aromatic carbocycles. The molecule has 0 bridgehead atoms. The molecule has 0 saturated carbocycles. The van der Waals surface area contributed by atoms with Gasteiger partial charge in [-0.05, 0) is 13.8 Å². The molecule has 17 heavy (non-hydrogen) atoms. The van der Waals surface area contributed by atoms with Crippen molar-refractivity contribution in [1.82, 2.24) is 19.1 Å². The van der Waals surface area contributed by atoms with E-state index in [4.69, 9.17) is 11.6 Å². The molecule has 92 valence electrons. The van der Waals surface area contributed by atoms with E-state index in [9.17, 15) is 9.59 Å². The largest absolute Gasteiger partial charge is 0.330 e. The summed E-state index contributed by atoms with van der Waals surface area (Å²) in [4.78, 5) is 29.9. The van der Waals surface area contributed by atoms with E-state index >= 15 is 0 Å². The number of rotatable bonds is 2. The highest BCUT2D eigenvalue weighted by Gasteiger charge is 2.17. The molecule has 7 heteroatoms. The Kier molecular flexibility index (Phi) is 2.82. The van der Waals surface area contributed by atoms with E-state index in [1.165, 1.54) is 4.57 Å². The van der Waals surface area contributed by atoms with Gasteiger partial charge in [-0.2, -0.15) is 0 Å². The first-order valence-electron chi connectivity index (χ1n) is 5.30. The molecular weight excluding hydrogens is 244 g/mol. The van der Waals surface area contributed by atoms with Gasteiger partial charge in [0.15, 0.2) is 11.2 Å². The summed E-state index contributed by atoms with van der Waals surface area (Å²) in [5.41, 5.74) is -0.134. The predicted octanol–water partition coefficient (Wildman–Crippen LogP) is 0.743. The number of nitrogens with zero attached hydrogens (tertiary/aromatic N) is 3. The van der Waals surface area contributed by atoms with E-state index in [1.54, 1.807) is 18.5 Å². The smallest absolute Gasteiger partial charge is 0.324 e. The number of nitrogens with one attached hydrogen (secondary N) is 1. The Balaban J connectivity index is 3.00. The lowest BCUT2D eigenvalue weighted by Crippen LogP contribution is -2.30. The fourth-order valence-electron chi connectivity index (χ4n) is 1.91. The SMILES string of the molecule is CCn1c(=O)[nH]c(=O)c2c1nc([C@@H](C)Cl)n2C. The maximum Gasteiger partial charge on any atom is 0.330 e. The maximum absolute atomic E-state index is 11.8. The average Bonchev–Trinajstić information content (AvgIpc) is 2.57. The first kappa shape index (κ1) is 11.9. The maximum atomic E-state index is 11.8. The van der Waals surface area contributed by atoms with Crippen LogP contribution in [-0.4, -0.2) is 19.1 Å². The van der Waals surface area contributed by atoms with Crippen molar-refractivity contribution in [3.8, 4) is 0 Å². The quantitative estimate of drug-likeness (QED) is 0.806. The normalized spacial score (nSPS) is 13.2. The van der Waals surface area contributed by atoms with Crippen molar-refractivity contribution in [3.63, 3.8) is 0 Å². The summed E-state index contributed by atoms with van der Waals surface area (Å²) in [6, 6.07) is 0. The second kappa shape index (κ2) is 4.03. The molecule has 0 unspecified atom stereocenters. The van der Waals surface area contributed by atoms with Crippen molar-refractivity contribution in [2.45, 2.75) is 25.8 Å². The van der Waals surface area contributed by atoms with Gasteiger partial charge in [-0.25, -0.2) is 9.78 Å². The number of aromatic nitrogens is 4. The number of alkyl halides is 1. The third-order valence-corrected chi connectivity index (χ3v) is 2.91. The number of hydrogen-bond donors (Lipinski definition) is 1. The molecule has 0 spiro atoms. The fraction of sp³-hybridized carbons (Fsp3) is 0.500. The molecule has 0 amide bonds. The Morgan fingerprint density at radius 2 is 2.12 bits per heavy atom. The van der Waals surface area contributed by atoms with Gasteiger partial charge in [0, 0.05) is 13.6 Å². The highest BCUT2D eigenvalue weighted by Crippen LogP contribution is 2.20. The monoisotopic (exact) mass is 256 g/mol. The fourth-order valence-corrected chi connectivity index (χ4v) is 2.11. The molecular formula is C10H13ClN4O2. The number of halogens is 1. The van der Waals surface area contributed by atoms with Gasteiger partial charge < -0.3 is 4.57 Å². The van der Waals surface area contributed by atoms with Crippen LogP contribution in [0.25, 0.3) is 11.2 Å². The van der Waals surface area contributed by atoms with Gasteiger partial charge in [0.05, 0.1) is 5.38 Å². The Bertz CT molecular complexity index is 680. The van der Waals surface area contributed by atoms with E-state index in [1.807, 2.05) is 6.92 Å². The third-order valence-electron chi connectivity index (χ3n) is 2.72. The number of imidazole rings is 1. The van der Waals surface area contributed by atoms with Crippen LogP contribution in [0.15, 0.2) is 9.59 Å². The highest BCUT2D eigenvalue weighted by atomic mass is 35.5.